The Morgan fingerprint density at radius 2 is 1.63 bits per heavy atom. The van der Waals surface area contributed by atoms with E-state index in [1.165, 1.54) is 0 Å². The highest BCUT2D eigenvalue weighted by molar-refractivity contribution is 6.30. The van der Waals surface area contributed by atoms with Gasteiger partial charge in [0.05, 0.1) is 18.3 Å². The Hall–Kier alpha value is -2.54. The minimum absolute atomic E-state index is 0.0449. The monoisotopic (exact) mass is 493 g/mol. The van der Waals surface area contributed by atoms with Crippen molar-refractivity contribution < 1.29 is 19.7 Å². The molecular weight excluding hydrogens is 462 g/mol. The van der Waals surface area contributed by atoms with Crippen molar-refractivity contribution in [2.24, 2.45) is 0 Å². The van der Waals surface area contributed by atoms with E-state index in [1.54, 1.807) is 18.2 Å². The van der Waals surface area contributed by atoms with Gasteiger partial charge in [-0.25, -0.2) is 0 Å². The molecule has 184 valence electrons. The molecule has 3 aromatic rings. The minimum Gasteiger partial charge on any atom is -0.389 e. The molecule has 2 atom stereocenters. The molecule has 2 N–H and O–H groups in total. The van der Waals surface area contributed by atoms with Crippen molar-refractivity contribution in [3.63, 3.8) is 0 Å². The maximum atomic E-state index is 13.2. The second-order valence-electron chi connectivity index (χ2n) is 9.24. The molecule has 2 unspecified atom stereocenters. The molecule has 1 saturated heterocycles. The number of carbonyl (C=O) groups is 1. The van der Waals surface area contributed by atoms with Crippen LogP contribution in [0.5, 0.6) is 0 Å². The molecule has 0 aliphatic carbocycles. The zero-order valence-corrected chi connectivity index (χ0v) is 20.5. The van der Waals surface area contributed by atoms with E-state index in [4.69, 9.17) is 16.3 Å². The number of rotatable bonds is 10. The number of halogens is 1. The maximum absolute atomic E-state index is 13.2. The molecule has 0 aromatic heterocycles. The summed E-state index contributed by atoms with van der Waals surface area (Å²) in [6.07, 6.45) is 0.107. The Bertz CT molecular complexity index is 1080. The molecule has 1 fully saturated rings. The summed E-state index contributed by atoms with van der Waals surface area (Å²) in [7, 11) is 0. The number of nitrogens with zero attached hydrogens (tertiary/aromatic N) is 1. The number of hydrogen-bond donors (Lipinski definition) is 2. The van der Waals surface area contributed by atoms with Crippen LogP contribution in [0, 0.1) is 0 Å². The van der Waals surface area contributed by atoms with Crippen molar-refractivity contribution in [2.45, 2.75) is 37.1 Å². The zero-order chi connectivity index (χ0) is 24.7. The number of ketones is 1. The lowest BCUT2D eigenvalue weighted by molar-refractivity contribution is -0.0483. The van der Waals surface area contributed by atoms with Crippen molar-refractivity contribution >= 4 is 17.4 Å². The minimum atomic E-state index is -0.830. The summed E-state index contributed by atoms with van der Waals surface area (Å²) >= 11 is 6.13. The van der Waals surface area contributed by atoms with Crippen LogP contribution in [0.3, 0.4) is 0 Å². The summed E-state index contributed by atoms with van der Waals surface area (Å²) in [5.41, 5.74) is 1.58. The number of ether oxygens (including phenoxy) is 1. The van der Waals surface area contributed by atoms with Crippen LogP contribution in [0.15, 0.2) is 84.9 Å². The van der Waals surface area contributed by atoms with Crippen molar-refractivity contribution in [2.75, 3.05) is 26.2 Å². The lowest BCUT2D eigenvalue weighted by Crippen LogP contribution is -2.46. The summed E-state index contributed by atoms with van der Waals surface area (Å²) < 4.78 is 6.00. The van der Waals surface area contributed by atoms with E-state index in [0.717, 1.165) is 11.1 Å². The van der Waals surface area contributed by atoms with Crippen LogP contribution in [0.2, 0.25) is 5.02 Å². The van der Waals surface area contributed by atoms with Crippen LogP contribution >= 0.6 is 11.6 Å². The first-order valence-electron chi connectivity index (χ1n) is 12.1. The number of benzene rings is 3. The van der Waals surface area contributed by atoms with Crippen molar-refractivity contribution in [1.82, 2.24) is 4.90 Å². The Morgan fingerprint density at radius 3 is 2.29 bits per heavy atom. The molecule has 35 heavy (non-hydrogen) atoms. The Kier molecular flexibility index (Phi) is 8.71. The SMILES string of the molecule is O=C(c1ccccc1)C(Cc1cccc(Cl)c1)OCC(O)CN1CCC(O)(c2ccccc2)CC1. The van der Waals surface area contributed by atoms with Gasteiger partial charge in [-0.3, -0.25) is 4.79 Å². The maximum Gasteiger partial charge on any atom is 0.191 e. The molecule has 0 spiro atoms. The summed E-state index contributed by atoms with van der Waals surface area (Å²) in [5, 5.41) is 22.3. The summed E-state index contributed by atoms with van der Waals surface area (Å²) in [4.78, 5) is 15.3. The third kappa shape index (κ3) is 7.00. The van der Waals surface area contributed by atoms with Crippen molar-refractivity contribution in [3.05, 3.63) is 107 Å². The molecule has 0 bridgehead atoms. The Balaban J connectivity index is 1.33. The van der Waals surface area contributed by atoms with E-state index in [9.17, 15) is 15.0 Å². The lowest BCUT2D eigenvalue weighted by Gasteiger charge is -2.39. The Morgan fingerprint density at radius 1 is 0.971 bits per heavy atom. The average Bonchev–Trinajstić information content (AvgIpc) is 2.89. The number of β-amino-alcohol motifs (C(OH)–C–C–N with tert-alkyl or cyclic N) is 1. The largest absolute Gasteiger partial charge is 0.389 e. The second kappa shape index (κ2) is 11.9. The van der Waals surface area contributed by atoms with Gasteiger partial charge in [0.2, 0.25) is 0 Å². The number of piperidine rings is 1. The van der Waals surface area contributed by atoms with E-state index >= 15 is 0 Å². The normalized spacial score (nSPS) is 17.6. The smallest absolute Gasteiger partial charge is 0.191 e. The van der Waals surface area contributed by atoms with E-state index in [1.807, 2.05) is 66.7 Å². The van der Waals surface area contributed by atoms with Gasteiger partial charge in [-0.2, -0.15) is 0 Å². The van der Waals surface area contributed by atoms with Gasteiger partial charge in [0.25, 0.3) is 0 Å². The Labute approximate surface area is 211 Å². The number of Topliss-reactive ketones (excluding diaryl/α,β-unsaturated/α-hetero) is 1. The van der Waals surface area contributed by atoms with Gasteiger partial charge >= 0.3 is 0 Å². The number of aliphatic hydroxyl groups is 2. The van der Waals surface area contributed by atoms with Gasteiger partial charge in [0.15, 0.2) is 5.78 Å². The fourth-order valence-electron chi connectivity index (χ4n) is 4.61. The molecule has 5 nitrogen and oxygen atoms in total. The molecule has 1 heterocycles. The molecule has 0 amide bonds. The third-order valence-corrected chi connectivity index (χ3v) is 6.85. The van der Waals surface area contributed by atoms with Crippen LogP contribution in [-0.4, -0.2) is 59.3 Å². The molecular formula is C29H32ClNO4. The first-order chi connectivity index (χ1) is 16.9. The summed E-state index contributed by atoms with van der Waals surface area (Å²) in [6.45, 7) is 1.83. The number of likely N-dealkylation sites (tertiary alicyclic amines) is 1. The fraction of sp³-hybridized carbons (Fsp3) is 0.345. The molecule has 1 aliphatic heterocycles. The first-order valence-corrected chi connectivity index (χ1v) is 12.4. The second-order valence-corrected chi connectivity index (χ2v) is 9.67. The van der Waals surface area contributed by atoms with Crippen LogP contribution < -0.4 is 0 Å². The summed E-state index contributed by atoms with van der Waals surface area (Å²) in [5.74, 6) is -0.122. The van der Waals surface area contributed by atoms with Gasteiger partial charge in [0, 0.05) is 36.6 Å². The molecule has 3 aromatic carbocycles. The summed E-state index contributed by atoms with van der Waals surface area (Å²) in [6, 6.07) is 26.2. The van der Waals surface area contributed by atoms with E-state index in [0.29, 0.717) is 49.5 Å². The highest BCUT2D eigenvalue weighted by Crippen LogP contribution is 2.32. The van der Waals surface area contributed by atoms with Gasteiger partial charge < -0.3 is 19.8 Å². The van der Waals surface area contributed by atoms with Gasteiger partial charge in [-0.15, -0.1) is 0 Å². The highest BCUT2D eigenvalue weighted by atomic mass is 35.5. The van der Waals surface area contributed by atoms with E-state index in [2.05, 4.69) is 4.90 Å². The first kappa shape index (κ1) is 25.5. The topological polar surface area (TPSA) is 70.0 Å². The van der Waals surface area contributed by atoms with Gasteiger partial charge in [-0.05, 0) is 36.1 Å². The standard InChI is InChI=1S/C29H32ClNO4/c30-25-13-7-8-22(18-25)19-27(28(33)23-9-3-1-4-10-23)35-21-26(32)20-31-16-14-29(34,15-17-31)24-11-5-2-6-12-24/h1-13,18,26-27,32,34H,14-17,19-21H2. The van der Waals surface area contributed by atoms with Gasteiger partial charge in [-0.1, -0.05) is 84.4 Å². The van der Waals surface area contributed by atoms with Crippen molar-refractivity contribution in [3.8, 4) is 0 Å². The number of hydrogen-bond acceptors (Lipinski definition) is 5. The van der Waals surface area contributed by atoms with Crippen LogP contribution in [0.1, 0.15) is 34.3 Å². The molecule has 1 aliphatic rings. The van der Waals surface area contributed by atoms with E-state index in [-0.39, 0.29) is 12.4 Å². The molecule has 4 rings (SSSR count). The van der Waals surface area contributed by atoms with Crippen LogP contribution in [0.4, 0.5) is 0 Å². The molecule has 6 heteroatoms. The van der Waals surface area contributed by atoms with Crippen LogP contribution in [0.25, 0.3) is 0 Å². The van der Waals surface area contributed by atoms with Crippen LogP contribution in [-0.2, 0) is 16.8 Å². The third-order valence-electron chi connectivity index (χ3n) is 6.61. The van der Waals surface area contributed by atoms with Gasteiger partial charge in [0.1, 0.15) is 6.10 Å². The number of aliphatic hydroxyl groups excluding tert-OH is 1. The quantitative estimate of drug-likeness (QED) is 0.407. The lowest BCUT2D eigenvalue weighted by atomic mass is 9.84. The highest BCUT2D eigenvalue weighted by Gasteiger charge is 2.34. The fourth-order valence-corrected chi connectivity index (χ4v) is 4.83. The van der Waals surface area contributed by atoms with Crippen molar-refractivity contribution in [1.29, 1.82) is 0 Å². The van der Waals surface area contributed by atoms with E-state index < -0.39 is 17.8 Å². The predicted molar refractivity (Wildman–Crippen MR) is 138 cm³/mol. The molecule has 0 saturated carbocycles. The number of carbonyl (C=O) groups excluding carboxylic acids is 1. The molecule has 0 radical (unpaired) electrons. The predicted octanol–water partition coefficient (Wildman–Crippen LogP) is 4.50. The zero-order valence-electron chi connectivity index (χ0n) is 19.7. The average molecular weight is 494 g/mol.